The Kier molecular flexibility index (Phi) is 7.52. The number of pyridine rings is 1. The summed E-state index contributed by atoms with van der Waals surface area (Å²) in [7, 11) is 0. The first-order chi connectivity index (χ1) is 16.0. The van der Waals surface area contributed by atoms with E-state index in [-0.39, 0.29) is 6.61 Å². The molecule has 1 saturated heterocycles. The molecule has 2 aromatic heterocycles. The zero-order valence-corrected chi connectivity index (χ0v) is 19.7. The Bertz CT molecular complexity index is 1070. The molecule has 0 unspecified atom stereocenters. The first-order valence-corrected chi connectivity index (χ1v) is 11.7. The number of aromatic nitrogens is 3. The van der Waals surface area contributed by atoms with Crippen LogP contribution in [0, 0.1) is 13.8 Å². The van der Waals surface area contributed by atoms with Gasteiger partial charge in [0.2, 0.25) is 5.95 Å². The fraction of sp³-hybridized carbons (Fsp3) is 0.423. The van der Waals surface area contributed by atoms with Crippen LogP contribution < -0.4 is 10.1 Å². The predicted molar refractivity (Wildman–Crippen MR) is 130 cm³/mol. The maximum absolute atomic E-state index is 9.71. The van der Waals surface area contributed by atoms with Crippen LogP contribution in [0.4, 0.5) is 11.8 Å². The van der Waals surface area contributed by atoms with E-state index in [4.69, 9.17) is 9.72 Å². The number of hydrogen-bond donors (Lipinski definition) is 2. The lowest BCUT2D eigenvalue weighted by molar-refractivity contribution is 0.198. The van der Waals surface area contributed by atoms with Crippen LogP contribution in [0.2, 0.25) is 0 Å². The van der Waals surface area contributed by atoms with Crippen molar-refractivity contribution in [1.82, 2.24) is 19.9 Å². The number of likely N-dealkylation sites (tertiary alicyclic amines) is 1. The van der Waals surface area contributed by atoms with Crippen molar-refractivity contribution in [3.63, 3.8) is 0 Å². The standard InChI is InChI=1S/C26H33N5O2/c1-4-33-24-11-10-20(14-22(24)17-32)15-31-12-6-7-21(16-31)23-8-5-9-25(29-23)30-26-27-18(2)13-19(3)28-26/h5,8-11,13-14,21,32H,4,6-7,12,15-17H2,1-3H3,(H,27,28,29,30)/t21-/m0/s1. The van der Waals surface area contributed by atoms with Gasteiger partial charge in [0.15, 0.2) is 0 Å². The fourth-order valence-electron chi connectivity index (χ4n) is 4.49. The van der Waals surface area contributed by atoms with E-state index in [1.807, 2.05) is 45.0 Å². The van der Waals surface area contributed by atoms with Crippen molar-refractivity contribution in [2.75, 3.05) is 25.0 Å². The summed E-state index contributed by atoms with van der Waals surface area (Å²) in [6.45, 7) is 9.34. The first-order valence-electron chi connectivity index (χ1n) is 11.7. The van der Waals surface area contributed by atoms with Gasteiger partial charge in [-0.15, -0.1) is 0 Å². The molecule has 4 rings (SSSR count). The first kappa shape index (κ1) is 23.1. The Morgan fingerprint density at radius 3 is 2.67 bits per heavy atom. The van der Waals surface area contributed by atoms with Gasteiger partial charge in [0.05, 0.1) is 13.2 Å². The molecule has 0 amide bonds. The van der Waals surface area contributed by atoms with E-state index in [0.717, 1.165) is 66.7 Å². The van der Waals surface area contributed by atoms with Gasteiger partial charge in [0, 0.05) is 41.7 Å². The highest BCUT2D eigenvalue weighted by Gasteiger charge is 2.23. The number of ether oxygens (including phenoxy) is 1. The van der Waals surface area contributed by atoms with Gasteiger partial charge in [-0.3, -0.25) is 4.90 Å². The van der Waals surface area contributed by atoms with Gasteiger partial charge in [0.25, 0.3) is 0 Å². The van der Waals surface area contributed by atoms with Gasteiger partial charge >= 0.3 is 0 Å². The van der Waals surface area contributed by atoms with E-state index >= 15 is 0 Å². The van der Waals surface area contributed by atoms with Gasteiger partial charge < -0.3 is 15.2 Å². The van der Waals surface area contributed by atoms with E-state index < -0.39 is 0 Å². The molecule has 0 saturated carbocycles. The summed E-state index contributed by atoms with van der Waals surface area (Å²) >= 11 is 0. The molecule has 1 aromatic carbocycles. The molecule has 0 spiro atoms. The molecule has 1 fully saturated rings. The normalized spacial score (nSPS) is 16.5. The number of nitrogens with zero attached hydrogens (tertiary/aromatic N) is 4. The summed E-state index contributed by atoms with van der Waals surface area (Å²) in [4.78, 5) is 16.3. The molecule has 3 aromatic rings. The maximum atomic E-state index is 9.71. The fourth-order valence-corrected chi connectivity index (χ4v) is 4.49. The predicted octanol–water partition coefficient (Wildman–Crippen LogP) is 4.50. The lowest BCUT2D eigenvalue weighted by Crippen LogP contribution is -2.34. The number of nitrogens with one attached hydrogen (secondary N) is 1. The third-order valence-electron chi connectivity index (χ3n) is 5.92. The molecular weight excluding hydrogens is 414 g/mol. The molecule has 7 heteroatoms. The van der Waals surface area contributed by atoms with Crippen molar-refractivity contribution < 1.29 is 9.84 Å². The number of benzene rings is 1. The number of aliphatic hydroxyl groups is 1. The van der Waals surface area contributed by atoms with Crippen LogP contribution in [-0.4, -0.2) is 44.7 Å². The van der Waals surface area contributed by atoms with Crippen LogP contribution in [0.15, 0.2) is 42.5 Å². The highest BCUT2D eigenvalue weighted by Crippen LogP contribution is 2.29. The van der Waals surface area contributed by atoms with Crippen LogP contribution in [0.25, 0.3) is 0 Å². The summed E-state index contributed by atoms with van der Waals surface area (Å²) in [6.07, 6.45) is 2.26. The smallest absolute Gasteiger partial charge is 0.228 e. The van der Waals surface area contributed by atoms with Gasteiger partial charge in [-0.1, -0.05) is 12.1 Å². The molecule has 0 radical (unpaired) electrons. The second-order valence-electron chi connectivity index (χ2n) is 8.65. The molecule has 1 atom stereocenters. The second kappa shape index (κ2) is 10.7. The van der Waals surface area contributed by atoms with E-state index in [0.29, 0.717) is 18.5 Å². The summed E-state index contributed by atoms with van der Waals surface area (Å²) in [5.41, 5.74) is 5.00. The van der Waals surface area contributed by atoms with Crippen molar-refractivity contribution in [3.8, 4) is 5.75 Å². The Morgan fingerprint density at radius 1 is 1.09 bits per heavy atom. The number of aryl methyl sites for hydroxylation is 2. The highest BCUT2D eigenvalue weighted by molar-refractivity contribution is 5.48. The van der Waals surface area contributed by atoms with Crippen molar-refractivity contribution in [3.05, 3.63) is 70.7 Å². The summed E-state index contributed by atoms with van der Waals surface area (Å²) < 4.78 is 5.62. The molecule has 3 heterocycles. The molecule has 0 bridgehead atoms. The molecule has 2 N–H and O–H groups in total. The quantitative estimate of drug-likeness (QED) is 0.526. The van der Waals surface area contributed by atoms with Crippen LogP contribution in [-0.2, 0) is 13.2 Å². The maximum Gasteiger partial charge on any atom is 0.228 e. The summed E-state index contributed by atoms with van der Waals surface area (Å²) in [5, 5.41) is 13.0. The molecule has 7 nitrogen and oxygen atoms in total. The van der Waals surface area contributed by atoms with Crippen LogP contribution in [0.3, 0.4) is 0 Å². The lowest BCUT2D eigenvalue weighted by atomic mass is 9.94. The molecule has 1 aliphatic rings. The van der Waals surface area contributed by atoms with Crippen LogP contribution >= 0.6 is 0 Å². The Balaban J connectivity index is 1.44. The average molecular weight is 448 g/mol. The van der Waals surface area contributed by atoms with Crippen molar-refractivity contribution in [2.24, 2.45) is 0 Å². The number of piperidine rings is 1. The number of aliphatic hydroxyl groups excluding tert-OH is 1. The Labute approximate surface area is 195 Å². The van der Waals surface area contributed by atoms with Crippen molar-refractivity contribution in [1.29, 1.82) is 0 Å². The van der Waals surface area contributed by atoms with Gasteiger partial charge in [-0.2, -0.15) is 0 Å². The zero-order chi connectivity index (χ0) is 23.2. The average Bonchev–Trinajstić information content (AvgIpc) is 2.80. The highest BCUT2D eigenvalue weighted by atomic mass is 16.5. The van der Waals surface area contributed by atoms with Gasteiger partial charge in [-0.05, 0) is 76.1 Å². The second-order valence-corrected chi connectivity index (χ2v) is 8.65. The van der Waals surface area contributed by atoms with E-state index in [2.05, 4.69) is 38.4 Å². The summed E-state index contributed by atoms with van der Waals surface area (Å²) in [6, 6.07) is 14.2. The van der Waals surface area contributed by atoms with E-state index in [1.54, 1.807) is 0 Å². The Hall–Kier alpha value is -3.03. The molecule has 1 aliphatic heterocycles. The number of rotatable bonds is 8. The summed E-state index contributed by atoms with van der Waals surface area (Å²) in [5.74, 6) is 2.49. The molecule has 0 aliphatic carbocycles. The van der Waals surface area contributed by atoms with E-state index in [9.17, 15) is 5.11 Å². The zero-order valence-electron chi connectivity index (χ0n) is 19.7. The van der Waals surface area contributed by atoms with Gasteiger partial charge in [-0.25, -0.2) is 15.0 Å². The Morgan fingerprint density at radius 2 is 1.91 bits per heavy atom. The van der Waals surface area contributed by atoms with Gasteiger partial charge in [0.1, 0.15) is 11.6 Å². The third-order valence-corrected chi connectivity index (χ3v) is 5.92. The van der Waals surface area contributed by atoms with Crippen LogP contribution in [0.5, 0.6) is 5.75 Å². The van der Waals surface area contributed by atoms with E-state index in [1.165, 1.54) is 5.56 Å². The van der Waals surface area contributed by atoms with Crippen molar-refractivity contribution in [2.45, 2.75) is 52.7 Å². The SMILES string of the molecule is CCOc1ccc(CN2CCC[C@H](c3cccc(Nc4nc(C)cc(C)n4)n3)C2)cc1CO. The molecule has 33 heavy (non-hydrogen) atoms. The van der Waals surface area contributed by atoms with Crippen LogP contribution in [0.1, 0.15) is 53.9 Å². The molecular formula is C26H33N5O2. The van der Waals surface area contributed by atoms with Crippen molar-refractivity contribution >= 4 is 11.8 Å². The number of hydrogen-bond acceptors (Lipinski definition) is 7. The largest absolute Gasteiger partial charge is 0.494 e. The topological polar surface area (TPSA) is 83.4 Å². The monoisotopic (exact) mass is 447 g/mol. The molecule has 174 valence electrons. The number of anilines is 2. The minimum absolute atomic E-state index is 0.0142. The lowest BCUT2D eigenvalue weighted by Gasteiger charge is -2.32. The third kappa shape index (κ3) is 6.06. The minimum Gasteiger partial charge on any atom is -0.494 e. The minimum atomic E-state index is -0.0142.